The average Bonchev–Trinajstić information content (AvgIpc) is 2.42. The van der Waals surface area contributed by atoms with Crippen LogP contribution in [0.15, 0.2) is 0 Å². The molecule has 2 aliphatic rings. The number of ether oxygens (including phenoxy) is 3. The Labute approximate surface area is 110 Å². The maximum atomic E-state index is 5.81. The summed E-state index contributed by atoms with van der Waals surface area (Å²) in [7, 11) is 0. The monoisotopic (exact) mass is 257 g/mol. The molecule has 0 aromatic carbocycles. The quantitative estimate of drug-likeness (QED) is 0.784. The van der Waals surface area contributed by atoms with E-state index < -0.39 is 0 Å². The SMILES string of the molecule is CCOC1CC(NCC2COCCO2)C1(C)CC. The second-order valence-electron chi connectivity index (χ2n) is 5.57. The number of rotatable bonds is 6. The lowest BCUT2D eigenvalue weighted by molar-refractivity contribution is -0.133. The molecule has 1 heterocycles. The van der Waals surface area contributed by atoms with E-state index in [1.165, 1.54) is 0 Å². The Hall–Kier alpha value is -0.160. The molecule has 1 saturated heterocycles. The molecule has 1 aliphatic heterocycles. The first-order valence-electron chi connectivity index (χ1n) is 7.25. The van der Waals surface area contributed by atoms with Gasteiger partial charge in [0.05, 0.1) is 32.0 Å². The van der Waals surface area contributed by atoms with Crippen molar-refractivity contribution in [2.45, 2.75) is 51.9 Å². The zero-order chi connectivity index (χ0) is 13.0. The summed E-state index contributed by atoms with van der Waals surface area (Å²) in [6, 6.07) is 0.546. The van der Waals surface area contributed by atoms with Crippen LogP contribution in [0.5, 0.6) is 0 Å². The van der Waals surface area contributed by atoms with E-state index in [0.717, 1.165) is 45.8 Å². The summed E-state index contributed by atoms with van der Waals surface area (Å²) in [5.74, 6) is 0. The van der Waals surface area contributed by atoms with Crippen molar-refractivity contribution in [2.75, 3.05) is 33.0 Å². The van der Waals surface area contributed by atoms with Gasteiger partial charge in [0, 0.05) is 24.6 Å². The maximum absolute atomic E-state index is 5.81. The standard InChI is InChI=1S/C14H27NO3/c1-4-14(3)12(8-13(14)17-5-2)15-9-11-10-16-6-7-18-11/h11-13,15H,4-10H2,1-3H3. The van der Waals surface area contributed by atoms with Crippen LogP contribution in [0, 0.1) is 5.41 Å². The fourth-order valence-corrected chi connectivity index (χ4v) is 2.99. The highest BCUT2D eigenvalue weighted by atomic mass is 16.6. The minimum Gasteiger partial charge on any atom is -0.378 e. The van der Waals surface area contributed by atoms with Gasteiger partial charge >= 0.3 is 0 Å². The van der Waals surface area contributed by atoms with E-state index in [0.29, 0.717) is 12.1 Å². The van der Waals surface area contributed by atoms with Crippen LogP contribution in [-0.2, 0) is 14.2 Å². The zero-order valence-electron chi connectivity index (χ0n) is 11.9. The summed E-state index contributed by atoms with van der Waals surface area (Å²) in [6.07, 6.45) is 2.89. The Morgan fingerprint density at radius 3 is 2.78 bits per heavy atom. The Kier molecular flexibility index (Phi) is 5.01. The van der Waals surface area contributed by atoms with Gasteiger partial charge in [0.1, 0.15) is 0 Å². The molecular weight excluding hydrogens is 230 g/mol. The molecule has 0 amide bonds. The third-order valence-corrected chi connectivity index (χ3v) is 4.59. The molecule has 2 fully saturated rings. The third kappa shape index (κ3) is 2.87. The lowest BCUT2D eigenvalue weighted by atomic mass is 9.61. The fourth-order valence-electron chi connectivity index (χ4n) is 2.99. The molecule has 0 radical (unpaired) electrons. The second-order valence-corrected chi connectivity index (χ2v) is 5.57. The molecule has 1 aliphatic carbocycles. The first-order chi connectivity index (χ1) is 8.70. The highest BCUT2D eigenvalue weighted by Gasteiger charge is 2.50. The van der Waals surface area contributed by atoms with E-state index in [-0.39, 0.29) is 11.5 Å². The summed E-state index contributed by atoms with van der Waals surface area (Å²) in [5.41, 5.74) is 0.269. The van der Waals surface area contributed by atoms with Crippen molar-refractivity contribution >= 4 is 0 Å². The van der Waals surface area contributed by atoms with Gasteiger partial charge in [-0.2, -0.15) is 0 Å². The zero-order valence-corrected chi connectivity index (χ0v) is 11.9. The largest absolute Gasteiger partial charge is 0.378 e. The summed E-state index contributed by atoms with van der Waals surface area (Å²) in [6.45, 7) is 10.5. The van der Waals surface area contributed by atoms with E-state index in [4.69, 9.17) is 14.2 Å². The van der Waals surface area contributed by atoms with Gasteiger partial charge in [-0.25, -0.2) is 0 Å². The fraction of sp³-hybridized carbons (Fsp3) is 1.00. The minimum atomic E-state index is 0.214. The van der Waals surface area contributed by atoms with Crippen LogP contribution < -0.4 is 5.32 Å². The molecule has 1 saturated carbocycles. The van der Waals surface area contributed by atoms with Crippen LogP contribution in [0.25, 0.3) is 0 Å². The van der Waals surface area contributed by atoms with E-state index in [9.17, 15) is 0 Å². The van der Waals surface area contributed by atoms with Crippen molar-refractivity contribution in [3.8, 4) is 0 Å². The number of hydrogen-bond acceptors (Lipinski definition) is 4. The topological polar surface area (TPSA) is 39.7 Å². The molecule has 2 rings (SSSR count). The maximum Gasteiger partial charge on any atom is 0.0933 e. The number of nitrogens with one attached hydrogen (secondary N) is 1. The van der Waals surface area contributed by atoms with Gasteiger partial charge in [-0.05, 0) is 19.8 Å². The lowest BCUT2D eigenvalue weighted by Gasteiger charge is -2.54. The first kappa shape index (κ1) is 14.3. The Balaban J connectivity index is 1.76. The molecule has 4 heteroatoms. The van der Waals surface area contributed by atoms with Crippen LogP contribution in [0.3, 0.4) is 0 Å². The van der Waals surface area contributed by atoms with Crippen molar-refractivity contribution < 1.29 is 14.2 Å². The normalized spacial score (nSPS) is 40.5. The van der Waals surface area contributed by atoms with E-state index in [1.54, 1.807) is 0 Å². The van der Waals surface area contributed by atoms with Crippen LogP contribution in [-0.4, -0.2) is 51.2 Å². The molecule has 18 heavy (non-hydrogen) atoms. The van der Waals surface area contributed by atoms with Crippen molar-refractivity contribution in [2.24, 2.45) is 5.41 Å². The summed E-state index contributed by atoms with van der Waals surface area (Å²) < 4.78 is 16.9. The molecule has 4 nitrogen and oxygen atoms in total. The summed E-state index contributed by atoms with van der Waals surface area (Å²) >= 11 is 0. The van der Waals surface area contributed by atoms with Gasteiger partial charge in [0.15, 0.2) is 0 Å². The third-order valence-electron chi connectivity index (χ3n) is 4.59. The van der Waals surface area contributed by atoms with Crippen molar-refractivity contribution in [1.29, 1.82) is 0 Å². The van der Waals surface area contributed by atoms with Crippen LogP contribution in [0.2, 0.25) is 0 Å². The predicted molar refractivity (Wildman–Crippen MR) is 70.8 cm³/mol. The molecule has 0 spiro atoms. The van der Waals surface area contributed by atoms with Crippen LogP contribution in [0.1, 0.15) is 33.6 Å². The lowest BCUT2D eigenvalue weighted by Crippen LogP contribution is -2.63. The van der Waals surface area contributed by atoms with Crippen LogP contribution >= 0.6 is 0 Å². The average molecular weight is 257 g/mol. The Morgan fingerprint density at radius 2 is 2.17 bits per heavy atom. The van der Waals surface area contributed by atoms with Crippen molar-refractivity contribution in [3.05, 3.63) is 0 Å². The highest BCUT2D eigenvalue weighted by molar-refractivity contribution is 5.04. The van der Waals surface area contributed by atoms with E-state index >= 15 is 0 Å². The molecule has 1 N–H and O–H groups in total. The van der Waals surface area contributed by atoms with E-state index in [2.05, 4.69) is 26.1 Å². The Bertz CT molecular complexity index is 255. The predicted octanol–water partition coefficient (Wildman–Crippen LogP) is 1.59. The van der Waals surface area contributed by atoms with Gasteiger partial charge in [-0.15, -0.1) is 0 Å². The van der Waals surface area contributed by atoms with Crippen molar-refractivity contribution in [1.82, 2.24) is 5.32 Å². The summed E-state index contributed by atoms with van der Waals surface area (Å²) in [5, 5.41) is 3.63. The molecule has 106 valence electrons. The smallest absolute Gasteiger partial charge is 0.0933 e. The molecule has 4 atom stereocenters. The molecule has 4 unspecified atom stereocenters. The van der Waals surface area contributed by atoms with Gasteiger partial charge in [-0.3, -0.25) is 0 Å². The van der Waals surface area contributed by atoms with Gasteiger partial charge in [0.2, 0.25) is 0 Å². The van der Waals surface area contributed by atoms with E-state index in [1.807, 2.05) is 0 Å². The molecule has 0 bridgehead atoms. The van der Waals surface area contributed by atoms with Crippen molar-refractivity contribution in [3.63, 3.8) is 0 Å². The first-order valence-corrected chi connectivity index (χ1v) is 7.25. The number of hydrogen-bond donors (Lipinski definition) is 1. The Morgan fingerprint density at radius 1 is 1.33 bits per heavy atom. The van der Waals surface area contributed by atoms with Gasteiger partial charge in [-0.1, -0.05) is 13.8 Å². The second kappa shape index (κ2) is 6.33. The molecular formula is C14H27NO3. The highest BCUT2D eigenvalue weighted by Crippen LogP contribution is 2.45. The molecule has 0 aromatic rings. The van der Waals surface area contributed by atoms with Gasteiger partial charge < -0.3 is 19.5 Å². The molecule has 0 aromatic heterocycles. The van der Waals surface area contributed by atoms with Gasteiger partial charge in [0.25, 0.3) is 0 Å². The summed E-state index contributed by atoms with van der Waals surface area (Å²) in [4.78, 5) is 0. The van der Waals surface area contributed by atoms with Crippen LogP contribution in [0.4, 0.5) is 0 Å². The minimum absolute atomic E-state index is 0.214.